The molecule has 0 fully saturated rings. The summed E-state index contributed by atoms with van der Waals surface area (Å²) in [4.78, 5) is 25.1. The number of hydrogen-bond donors (Lipinski definition) is 2. The second-order valence-electron chi connectivity index (χ2n) is 7.52. The Balaban J connectivity index is 1.61. The van der Waals surface area contributed by atoms with Crippen molar-refractivity contribution in [2.24, 2.45) is 7.05 Å². The molecule has 0 aliphatic carbocycles. The van der Waals surface area contributed by atoms with Gasteiger partial charge in [-0.15, -0.1) is 10.2 Å². The molecule has 1 aromatic heterocycles. The summed E-state index contributed by atoms with van der Waals surface area (Å²) in [6.07, 6.45) is 0.836. The van der Waals surface area contributed by atoms with Crippen LogP contribution in [0.4, 0.5) is 5.69 Å². The van der Waals surface area contributed by atoms with E-state index in [4.69, 9.17) is 23.2 Å². The number of carbonyl (C=O) groups is 2. The standard InChI is InChI=1S/C23H25Cl2N5O2S/c1-5-15-8-6-7-13(2)20(15)27-19(31)12-33-23-29-28-21(30(23)4)14(3)26-22(32)16-9-10-17(24)18(25)11-16/h6-11,14H,5,12H2,1-4H3,(H,26,32)(H,27,31)/t14-/m1/s1. The van der Waals surface area contributed by atoms with Crippen LogP contribution in [0.1, 0.15) is 47.2 Å². The van der Waals surface area contributed by atoms with Crippen molar-refractivity contribution in [3.8, 4) is 0 Å². The van der Waals surface area contributed by atoms with Crippen LogP contribution in [0.3, 0.4) is 0 Å². The molecule has 1 heterocycles. The Morgan fingerprint density at radius 2 is 1.91 bits per heavy atom. The van der Waals surface area contributed by atoms with Crippen molar-refractivity contribution in [2.75, 3.05) is 11.1 Å². The molecule has 0 aliphatic heterocycles. The molecule has 2 amide bonds. The van der Waals surface area contributed by atoms with Gasteiger partial charge in [0.25, 0.3) is 5.91 Å². The summed E-state index contributed by atoms with van der Waals surface area (Å²) in [5.74, 6) is 0.337. The number of nitrogens with zero attached hydrogens (tertiary/aromatic N) is 3. The van der Waals surface area contributed by atoms with E-state index >= 15 is 0 Å². The van der Waals surface area contributed by atoms with Gasteiger partial charge in [0.1, 0.15) is 0 Å². The van der Waals surface area contributed by atoms with Gasteiger partial charge in [0.05, 0.1) is 21.8 Å². The van der Waals surface area contributed by atoms with Gasteiger partial charge in [0.2, 0.25) is 5.91 Å². The summed E-state index contributed by atoms with van der Waals surface area (Å²) in [6.45, 7) is 5.84. The van der Waals surface area contributed by atoms with Gasteiger partial charge in [-0.2, -0.15) is 0 Å². The van der Waals surface area contributed by atoms with Crippen molar-refractivity contribution in [2.45, 2.75) is 38.4 Å². The van der Waals surface area contributed by atoms with Crippen LogP contribution in [0.15, 0.2) is 41.6 Å². The summed E-state index contributed by atoms with van der Waals surface area (Å²) >= 11 is 13.2. The molecular weight excluding hydrogens is 481 g/mol. The van der Waals surface area contributed by atoms with Crippen LogP contribution < -0.4 is 10.6 Å². The highest BCUT2D eigenvalue weighted by Gasteiger charge is 2.20. The first-order chi connectivity index (χ1) is 15.7. The van der Waals surface area contributed by atoms with E-state index in [-0.39, 0.29) is 17.6 Å². The minimum atomic E-state index is -0.410. The smallest absolute Gasteiger partial charge is 0.251 e. The Kier molecular flexibility index (Phi) is 8.40. The maximum absolute atomic E-state index is 12.5. The number of anilines is 1. The number of rotatable bonds is 8. The monoisotopic (exact) mass is 505 g/mol. The third-order valence-electron chi connectivity index (χ3n) is 5.12. The molecule has 0 spiro atoms. The fourth-order valence-electron chi connectivity index (χ4n) is 3.32. The van der Waals surface area contributed by atoms with E-state index in [2.05, 4.69) is 27.8 Å². The average molecular weight is 506 g/mol. The van der Waals surface area contributed by atoms with Crippen LogP contribution in [-0.2, 0) is 18.3 Å². The second kappa shape index (κ2) is 11.0. The maximum Gasteiger partial charge on any atom is 0.251 e. The quantitative estimate of drug-likeness (QED) is 0.410. The molecule has 3 rings (SSSR count). The highest BCUT2D eigenvalue weighted by Crippen LogP contribution is 2.25. The lowest BCUT2D eigenvalue weighted by atomic mass is 10.1. The van der Waals surface area contributed by atoms with Gasteiger partial charge in [0.15, 0.2) is 11.0 Å². The van der Waals surface area contributed by atoms with Crippen LogP contribution in [0.25, 0.3) is 0 Å². The number of amides is 2. The summed E-state index contributed by atoms with van der Waals surface area (Å²) in [5.41, 5.74) is 3.39. The first kappa shape index (κ1) is 25.1. The molecule has 10 heteroatoms. The molecule has 1 atom stereocenters. The van der Waals surface area contributed by atoms with Crippen molar-refractivity contribution in [3.63, 3.8) is 0 Å². The van der Waals surface area contributed by atoms with Gasteiger partial charge in [-0.25, -0.2) is 0 Å². The predicted molar refractivity (Wildman–Crippen MR) is 133 cm³/mol. The van der Waals surface area contributed by atoms with Crippen LogP contribution in [0.2, 0.25) is 10.0 Å². The number of hydrogen-bond acceptors (Lipinski definition) is 5. The molecular formula is C23H25Cl2N5O2S. The molecule has 0 unspecified atom stereocenters. The zero-order chi connectivity index (χ0) is 24.1. The molecule has 0 bridgehead atoms. The normalized spacial score (nSPS) is 11.8. The molecule has 3 aromatic rings. The van der Waals surface area contributed by atoms with Crippen molar-refractivity contribution < 1.29 is 9.59 Å². The van der Waals surface area contributed by atoms with Gasteiger partial charge >= 0.3 is 0 Å². The summed E-state index contributed by atoms with van der Waals surface area (Å²) in [7, 11) is 1.80. The Hall–Kier alpha value is -2.55. The number of aryl methyl sites for hydroxylation is 2. The van der Waals surface area contributed by atoms with Crippen molar-refractivity contribution in [3.05, 3.63) is 69.0 Å². The number of nitrogens with one attached hydrogen (secondary N) is 2. The van der Waals surface area contributed by atoms with Crippen LogP contribution in [0, 0.1) is 6.92 Å². The average Bonchev–Trinajstić information content (AvgIpc) is 3.15. The number of aromatic nitrogens is 3. The lowest BCUT2D eigenvalue weighted by molar-refractivity contribution is -0.113. The van der Waals surface area contributed by atoms with E-state index in [9.17, 15) is 9.59 Å². The molecule has 174 valence electrons. The lowest BCUT2D eigenvalue weighted by Gasteiger charge is -2.14. The Labute approximate surface area is 207 Å². The SMILES string of the molecule is CCc1cccc(C)c1NC(=O)CSc1nnc([C@@H](C)NC(=O)c2ccc(Cl)c(Cl)c2)n1C. The molecule has 33 heavy (non-hydrogen) atoms. The lowest BCUT2D eigenvalue weighted by Crippen LogP contribution is -2.28. The van der Waals surface area contributed by atoms with E-state index in [0.717, 1.165) is 23.2 Å². The van der Waals surface area contributed by atoms with Crippen molar-refractivity contribution >= 4 is 52.5 Å². The largest absolute Gasteiger partial charge is 0.342 e. The van der Waals surface area contributed by atoms with Crippen molar-refractivity contribution in [1.29, 1.82) is 0 Å². The molecule has 7 nitrogen and oxygen atoms in total. The van der Waals surface area contributed by atoms with E-state index in [1.165, 1.54) is 17.8 Å². The summed E-state index contributed by atoms with van der Waals surface area (Å²) < 4.78 is 1.77. The van der Waals surface area contributed by atoms with E-state index < -0.39 is 6.04 Å². The number of para-hydroxylation sites is 1. The Morgan fingerprint density at radius 1 is 1.15 bits per heavy atom. The van der Waals surface area contributed by atoms with Crippen molar-refractivity contribution in [1.82, 2.24) is 20.1 Å². The summed E-state index contributed by atoms with van der Waals surface area (Å²) in [5, 5.41) is 15.5. The van der Waals surface area contributed by atoms with Crippen LogP contribution in [-0.4, -0.2) is 32.3 Å². The van der Waals surface area contributed by atoms with E-state index in [0.29, 0.717) is 26.6 Å². The van der Waals surface area contributed by atoms with E-state index in [1.807, 2.05) is 32.0 Å². The molecule has 0 saturated heterocycles. The third kappa shape index (κ3) is 6.07. The molecule has 0 saturated carbocycles. The predicted octanol–water partition coefficient (Wildman–Crippen LogP) is 5.21. The van der Waals surface area contributed by atoms with E-state index in [1.54, 1.807) is 23.7 Å². The second-order valence-corrected chi connectivity index (χ2v) is 9.28. The highest BCUT2D eigenvalue weighted by molar-refractivity contribution is 7.99. The first-order valence-electron chi connectivity index (χ1n) is 10.4. The van der Waals surface area contributed by atoms with Gasteiger partial charge < -0.3 is 15.2 Å². The Morgan fingerprint density at radius 3 is 2.61 bits per heavy atom. The molecule has 2 aromatic carbocycles. The number of thioether (sulfide) groups is 1. The molecule has 2 N–H and O–H groups in total. The number of benzene rings is 2. The molecule has 0 radical (unpaired) electrons. The fraction of sp³-hybridized carbons (Fsp3) is 0.304. The first-order valence-corrected chi connectivity index (χ1v) is 12.1. The van der Waals surface area contributed by atoms with Gasteiger partial charge in [-0.1, -0.05) is 60.1 Å². The summed E-state index contributed by atoms with van der Waals surface area (Å²) in [6, 6.07) is 10.3. The zero-order valence-electron chi connectivity index (χ0n) is 18.8. The fourth-order valence-corrected chi connectivity index (χ4v) is 4.33. The molecule has 0 aliphatic rings. The Bertz CT molecular complexity index is 1180. The highest BCUT2D eigenvalue weighted by atomic mass is 35.5. The van der Waals surface area contributed by atoms with Crippen LogP contribution in [0.5, 0.6) is 0 Å². The topological polar surface area (TPSA) is 88.9 Å². The van der Waals surface area contributed by atoms with Gasteiger partial charge in [0, 0.05) is 18.3 Å². The van der Waals surface area contributed by atoms with Crippen LogP contribution >= 0.6 is 35.0 Å². The maximum atomic E-state index is 12.5. The minimum Gasteiger partial charge on any atom is -0.342 e. The van der Waals surface area contributed by atoms with Gasteiger partial charge in [-0.3, -0.25) is 9.59 Å². The third-order valence-corrected chi connectivity index (χ3v) is 6.88. The minimum absolute atomic E-state index is 0.116. The zero-order valence-corrected chi connectivity index (χ0v) is 21.1. The number of halogens is 2. The number of carbonyl (C=O) groups excluding carboxylic acids is 2. The van der Waals surface area contributed by atoms with Gasteiger partial charge in [-0.05, 0) is 49.6 Å².